The number of carboxylic acid groups (broad SMARTS) is 1. The van der Waals surface area contributed by atoms with Gasteiger partial charge in [0, 0.05) is 27.8 Å². The molecule has 356 valence electrons. The Hall–Kier alpha value is -7.08. The number of carboxylic acids is 1. The van der Waals surface area contributed by atoms with Crippen molar-refractivity contribution in [2.45, 2.75) is 45.8 Å². The highest BCUT2D eigenvalue weighted by molar-refractivity contribution is 6.31. The number of oxazole rings is 2. The Morgan fingerprint density at radius 1 is 0.618 bits per heavy atom. The van der Waals surface area contributed by atoms with Crippen LogP contribution in [-0.4, -0.2) is 45.3 Å². The molecule has 2 atom stereocenters. The first kappa shape index (κ1) is 51.9. The number of hydrogen-bond acceptors (Lipinski definition) is 10. The maximum Gasteiger partial charge on any atom is 0.416 e. The lowest BCUT2D eigenvalue weighted by Crippen LogP contribution is -2.22. The molecule has 0 saturated carbocycles. The van der Waals surface area contributed by atoms with Crippen LogP contribution in [0.5, 0.6) is 11.5 Å². The molecule has 0 amide bonds. The van der Waals surface area contributed by atoms with Crippen molar-refractivity contribution in [3.63, 3.8) is 0 Å². The van der Waals surface area contributed by atoms with Crippen molar-refractivity contribution >= 4 is 57.3 Å². The van der Waals surface area contributed by atoms with Crippen LogP contribution in [0.15, 0.2) is 142 Å². The SMILES string of the molecule is C.CCO.CCOC(=O)C(Oc1ccc(Cl)cc1-c1nc2ccccc2o1)c1cccc(C(F)(F)F)c1.O=C(O)C(Oc1ccc(Cl)cc1-c1nc2ccccc2o1)c1cccc(C(F)(F)F)c1. The van der Waals surface area contributed by atoms with Gasteiger partial charge in [0.2, 0.25) is 24.0 Å². The Morgan fingerprint density at radius 3 is 1.43 bits per heavy atom. The number of aliphatic hydroxyl groups is 1. The van der Waals surface area contributed by atoms with Crippen molar-refractivity contribution in [3.8, 4) is 34.4 Å². The number of alkyl halides is 6. The van der Waals surface area contributed by atoms with E-state index >= 15 is 0 Å². The summed E-state index contributed by atoms with van der Waals surface area (Å²) in [7, 11) is 0. The number of aliphatic hydroxyl groups excluding tert-OH is 1. The summed E-state index contributed by atoms with van der Waals surface area (Å²) in [5.41, 5.74) is 0.719. The highest BCUT2D eigenvalue weighted by Crippen LogP contribution is 2.40. The molecular formula is C49H40Cl2F6N2O9. The summed E-state index contributed by atoms with van der Waals surface area (Å²) in [4.78, 5) is 33.3. The molecule has 11 nitrogen and oxygen atoms in total. The van der Waals surface area contributed by atoms with E-state index in [4.69, 9.17) is 51.4 Å². The number of esters is 1. The third-order valence-electron chi connectivity index (χ3n) is 9.18. The summed E-state index contributed by atoms with van der Waals surface area (Å²) < 4.78 is 107. The second kappa shape index (κ2) is 22.6. The molecule has 0 radical (unpaired) electrons. The van der Waals surface area contributed by atoms with E-state index in [0.717, 1.165) is 30.3 Å². The van der Waals surface area contributed by atoms with Gasteiger partial charge in [-0.3, -0.25) is 0 Å². The number of nitrogens with zero attached hydrogens (tertiary/aromatic N) is 2. The maximum absolute atomic E-state index is 13.2. The average Bonchev–Trinajstić information content (AvgIpc) is 3.93. The average molecular weight is 986 g/mol. The Bertz CT molecular complexity index is 2930. The lowest BCUT2D eigenvalue weighted by Gasteiger charge is -2.20. The van der Waals surface area contributed by atoms with Crippen molar-refractivity contribution < 1.29 is 69.2 Å². The largest absolute Gasteiger partial charge is 0.478 e. The van der Waals surface area contributed by atoms with Gasteiger partial charge in [0.25, 0.3) is 0 Å². The zero-order valence-corrected chi connectivity index (χ0v) is 36.5. The monoisotopic (exact) mass is 984 g/mol. The number of aromatic nitrogens is 2. The Kier molecular flexibility index (Phi) is 17.3. The van der Waals surface area contributed by atoms with E-state index in [-0.39, 0.29) is 60.6 Å². The maximum atomic E-state index is 13.2. The van der Waals surface area contributed by atoms with Gasteiger partial charge in [0.15, 0.2) is 11.2 Å². The van der Waals surface area contributed by atoms with E-state index in [1.807, 2.05) is 0 Å². The quantitative estimate of drug-likeness (QED) is 0.0940. The number of rotatable bonds is 11. The molecule has 2 aromatic heterocycles. The van der Waals surface area contributed by atoms with Crippen LogP contribution < -0.4 is 9.47 Å². The van der Waals surface area contributed by atoms with Gasteiger partial charge in [-0.15, -0.1) is 0 Å². The number of ether oxygens (including phenoxy) is 3. The van der Waals surface area contributed by atoms with Crippen LogP contribution in [0, 0.1) is 0 Å². The molecule has 2 unspecified atom stereocenters. The van der Waals surface area contributed by atoms with E-state index in [9.17, 15) is 41.0 Å². The minimum atomic E-state index is -4.62. The normalized spacial score (nSPS) is 12.1. The van der Waals surface area contributed by atoms with Crippen molar-refractivity contribution in [2.24, 2.45) is 0 Å². The van der Waals surface area contributed by atoms with E-state index < -0.39 is 47.6 Å². The summed E-state index contributed by atoms with van der Waals surface area (Å²) in [6, 6.07) is 31.3. The lowest BCUT2D eigenvalue weighted by atomic mass is 10.1. The van der Waals surface area contributed by atoms with Crippen LogP contribution in [0.1, 0.15) is 55.7 Å². The third kappa shape index (κ3) is 12.9. The predicted molar refractivity (Wildman–Crippen MR) is 242 cm³/mol. The van der Waals surface area contributed by atoms with Crippen LogP contribution in [0.3, 0.4) is 0 Å². The van der Waals surface area contributed by atoms with Crippen LogP contribution in [-0.2, 0) is 26.7 Å². The van der Waals surface area contributed by atoms with Crippen molar-refractivity contribution in [1.29, 1.82) is 0 Å². The predicted octanol–water partition coefficient (Wildman–Crippen LogP) is 13.9. The van der Waals surface area contributed by atoms with E-state index in [1.54, 1.807) is 62.4 Å². The van der Waals surface area contributed by atoms with E-state index in [1.165, 1.54) is 54.6 Å². The second-order valence-corrected chi connectivity index (χ2v) is 14.8. The molecule has 0 fully saturated rings. The molecule has 68 heavy (non-hydrogen) atoms. The van der Waals surface area contributed by atoms with Crippen LogP contribution in [0.25, 0.3) is 45.1 Å². The van der Waals surface area contributed by atoms with Gasteiger partial charge >= 0.3 is 24.3 Å². The van der Waals surface area contributed by atoms with Gasteiger partial charge < -0.3 is 33.3 Å². The number of benzene rings is 6. The third-order valence-corrected chi connectivity index (χ3v) is 9.65. The molecule has 2 heterocycles. The second-order valence-electron chi connectivity index (χ2n) is 13.9. The number of fused-ring (bicyclic) bond motifs is 2. The van der Waals surface area contributed by atoms with Gasteiger partial charge in [-0.25, -0.2) is 19.6 Å². The van der Waals surface area contributed by atoms with Gasteiger partial charge in [0.1, 0.15) is 22.5 Å². The van der Waals surface area contributed by atoms with Crippen LogP contribution in [0.4, 0.5) is 26.3 Å². The standard InChI is InChI=1S/C24H17ClF3NO4.C22H13ClF3NO4.C2H6O.CH4/c1-2-31-23(30)21(14-6-5-7-15(12-14)24(26,27)28)32-19-11-10-16(25)13-17(19)22-29-18-8-3-4-9-20(18)33-22;23-14-8-9-17(15(11-14)20-27-16-6-1-2-7-18(16)31-20)30-19(21(28)29)12-4-3-5-13(10-12)22(24,25)26;1-2-3;/h3-13,21H,2H2,1H3;1-11,19H,(H,28,29);3H,2H2,1H3;1H4. The number of halogens is 8. The molecule has 0 aliphatic heterocycles. The lowest BCUT2D eigenvalue weighted by molar-refractivity contribution is -0.152. The van der Waals surface area contributed by atoms with Crippen LogP contribution >= 0.6 is 23.2 Å². The van der Waals surface area contributed by atoms with Crippen molar-refractivity contribution in [2.75, 3.05) is 13.2 Å². The summed E-state index contributed by atoms with van der Waals surface area (Å²) in [5.74, 6) is -1.80. The molecule has 8 aromatic rings. The van der Waals surface area contributed by atoms with Crippen molar-refractivity contribution in [3.05, 3.63) is 166 Å². The topological polar surface area (TPSA) is 154 Å². The molecule has 2 N–H and O–H groups in total. The van der Waals surface area contributed by atoms with Gasteiger partial charge in [-0.05, 0) is 98.8 Å². The summed E-state index contributed by atoms with van der Waals surface area (Å²) in [6.07, 6.45) is -12.4. The molecule has 0 aliphatic carbocycles. The molecule has 0 bridgehead atoms. The molecule has 8 rings (SSSR count). The number of aliphatic carboxylic acids is 1. The van der Waals surface area contributed by atoms with E-state index in [2.05, 4.69) is 9.97 Å². The fraction of sp³-hybridized carbons (Fsp3) is 0.184. The first-order chi connectivity index (χ1) is 31.9. The van der Waals surface area contributed by atoms with Gasteiger partial charge in [-0.1, -0.05) is 79.2 Å². The first-order valence-electron chi connectivity index (χ1n) is 19.9. The number of hydrogen-bond donors (Lipinski definition) is 2. The molecule has 19 heteroatoms. The molecule has 6 aromatic carbocycles. The summed E-state index contributed by atoms with van der Waals surface area (Å²) >= 11 is 12.2. The number of carbonyl (C=O) groups excluding carboxylic acids is 1. The fourth-order valence-electron chi connectivity index (χ4n) is 6.26. The first-order valence-corrected chi connectivity index (χ1v) is 20.6. The Labute approximate surface area is 394 Å². The van der Waals surface area contributed by atoms with Gasteiger partial charge in [-0.2, -0.15) is 26.3 Å². The molecule has 0 saturated heterocycles. The molecular weight excluding hydrogens is 945 g/mol. The highest BCUT2D eigenvalue weighted by Gasteiger charge is 2.35. The van der Waals surface area contributed by atoms with Crippen LogP contribution in [0.2, 0.25) is 10.0 Å². The summed E-state index contributed by atoms with van der Waals surface area (Å²) in [5, 5.41) is 17.9. The highest BCUT2D eigenvalue weighted by atomic mass is 35.5. The van der Waals surface area contributed by atoms with E-state index in [0.29, 0.717) is 37.8 Å². The zero-order chi connectivity index (χ0) is 48.5. The molecule has 0 spiro atoms. The Balaban J connectivity index is 0.000000237. The molecule has 0 aliphatic rings. The summed E-state index contributed by atoms with van der Waals surface area (Å²) in [6.45, 7) is 3.55. The Morgan fingerprint density at radius 2 is 1.03 bits per heavy atom. The smallest absolute Gasteiger partial charge is 0.416 e. The van der Waals surface area contributed by atoms with Gasteiger partial charge in [0.05, 0.1) is 28.9 Å². The number of para-hydroxylation sites is 4. The van der Waals surface area contributed by atoms with Crippen molar-refractivity contribution in [1.82, 2.24) is 9.97 Å². The zero-order valence-electron chi connectivity index (χ0n) is 34.9. The number of carbonyl (C=O) groups is 2. The minimum absolute atomic E-state index is 0. The minimum Gasteiger partial charge on any atom is -0.478 e. The fourth-order valence-corrected chi connectivity index (χ4v) is 6.60.